The first-order valence-electron chi connectivity index (χ1n) is 8.93. The van der Waals surface area contributed by atoms with Gasteiger partial charge in [-0.1, -0.05) is 24.3 Å². The Balaban J connectivity index is 1.63. The molecule has 1 amide bonds. The lowest BCUT2D eigenvalue weighted by molar-refractivity contribution is 0.0696. The van der Waals surface area contributed by atoms with Gasteiger partial charge in [0.25, 0.3) is 5.91 Å². The minimum absolute atomic E-state index is 0.0127. The zero-order valence-corrected chi connectivity index (χ0v) is 16.7. The van der Waals surface area contributed by atoms with Crippen LogP contribution in [-0.2, 0) is 0 Å². The summed E-state index contributed by atoms with van der Waals surface area (Å²) in [7, 11) is 0. The Hall–Kier alpha value is -4.11. The van der Waals surface area contributed by atoms with Gasteiger partial charge in [0.05, 0.1) is 11.1 Å². The molecule has 3 aromatic rings. The van der Waals surface area contributed by atoms with Crippen LogP contribution in [0.3, 0.4) is 0 Å². The number of carboxylic acid groups (broad SMARTS) is 1. The zero-order chi connectivity index (χ0) is 22.4. The Morgan fingerprint density at radius 2 is 1.61 bits per heavy atom. The highest BCUT2D eigenvalue weighted by Crippen LogP contribution is 2.23. The van der Waals surface area contributed by atoms with E-state index in [2.05, 4.69) is 16.2 Å². The van der Waals surface area contributed by atoms with E-state index in [9.17, 15) is 18.8 Å². The van der Waals surface area contributed by atoms with Crippen LogP contribution in [0.5, 0.6) is 0 Å². The second-order valence-corrected chi connectivity index (χ2v) is 6.76. The Labute approximate surface area is 181 Å². The van der Waals surface area contributed by atoms with E-state index in [1.54, 1.807) is 36.4 Å². The average Bonchev–Trinajstić information content (AvgIpc) is 2.77. The van der Waals surface area contributed by atoms with Crippen LogP contribution in [0, 0.1) is 5.82 Å². The third-order valence-electron chi connectivity index (χ3n) is 4.24. The highest BCUT2D eigenvalue weighted by Gasteiger charge is 2.10. The maximum Gasteiger partial charge on any atom is 0.335 e. The number of hydrogen-bond acceptors (Lipinski definition) is 4. The maximum atomic E-state index is 13.6. The normalized spacial score (nSPS) is 10.1. The number of amides is 1. The maximum absolute atomic E-state index is 13.6. The highest BCUT2D eigenvalue weighted by molar-refractivity contribution is 7.80. The van der Waals surface area contributed by atoms with Crippen molar-refractivity contribution in [3.63, 3.8) is 0 Å². The van der Waals surface area contributed by atoms with Crippen LogP contribution >= 0.6 is 12.2 Å². The van der Waals surface area contributed by atoms with E-state index in [0.717, 1.165) is 17.2 Å². The predicted octanol–water partition coefficient (Wildman–Crippen LogP) is 3.63. The molecule has 3 rings (SSSR count). The third-order valence-corrected chi connectivity index (χ3v) is 4.45. The minimum Gasteiger partial charge on any atom is -0.478 e. The van der Waals surface area contributed by atoms with Gasteiger partial charge >= 0.3 is 5.97 Å². The topological polar surface area (TPSA) is 108 Å². The summed E-state index contributed by atoms with van der Waals surface area (Å²) in [6, 6.07) is 17.1. The number of carboxylic acids is 1. The van der Waals surface area contributed by atoms with Crippen molar-refractivity contribution in [1.29, 1.82) is 0 Å². The minimum atomic E-state index is -1.02. The molecule has 0 heterocycles. The van der Waals surface area contributed by atoms with E-state index < -0.39 is 17.7 Å². The smallest absolute Gasteiger partial charge is 0.335 e. The summed E-state index contributed by atoms with van der Waals surface area (Å²) >= 11 is 5.15. The van der Waals surface area contributed by atoms with E-state index in [1.165, 1.54) is 18.2 Å². The van der Waals surface area contributed by atoms with Crippen molar-refractivity contribution in [2.75, 3.05) is 5.32 Å². The number of nitrogens with one attached hydrogen (secondary N) is 3. The summed E-state index contributed by atoms with van der Waals surface area (Å²) < 4.78 is 13.6. The number of rotatable bonds is 5. The molecule has 0 unspecified atom stereocenters. The molecule has 4 N–H and O–H groups in total. The van der Waals surface area contributed by atoms with Gasteiger partial charge in [-0.25, -0.2) is 9.18 Å². The predicted molar refractivity (Wildman–Crippen MR) is 117 cm³/mol. The van der Waals surface area contributed by atoms with Crippen LogP contribution in [0.4, 0.5) is 10.1 Å². The van der Waals surface area contributed by atoms with Gasteiger partial charge in [0.1, 0.15) is 5.82 Å². The second kappa shape index (κ2) is 9.59. The first-order valence-corrected chi connectivity index (χ1v) is 9.34. The lowest BCUT2D eigenvalue weighted by Gasteiger charge is -2.13. The molecule has 0 aliphatic heterocycles. The average molecular weight is 437 g/mol. The molecular weight excluding hydrogens is 421 g/mol. The lowest BCUT2D eigenvalue weighted by Crippen LogP contribution is -2.43. The molecule has 0 aliphatic rings. The molecule has 0 spiro atoms. The molecule has 7 nitrogen and oxygen atoms in total. The number of carbonyl (C=O) groups excluding carboxylic acids is 2. The Morgan fingerprint density at radius 1 is 0.903 bits per heavy atom. The number of benzene rings is 3. The Kier molecular flexibility index (Phi) is 6.68. The molecule has 0 aliphatic carbocycles. The number of aromatic carboxylic acids is 1. The number of anilines is 1. The van der Waals surface area contributed by atoms with E-state index in [1.807, 2.05) is 6.07 Å². The molecule has 0 atom stereocenters. The van der Waals surface area contributed by atoms with E-state index in [0.29, 0.717) is 12.0 Å². The summed E-state index contributed by atoms with van der Waals surface area (Å²) in [5, 5.41) is 12.1. The molecule has 0 aromatic heterocycles. The number of hydrazine groups is 1. The Bertz CT molecular complexity index is 1180. The first-order chi connectivity index (χ1) is 14.9. The van der Waals surface area contributed by atoms with Crippen molar-refractivity contribution in [3.05, 3.63) is 89.2 Å². The molecule has 0 fully saturated rings. The lowest BCUT2D eigenvalue weighted by atomic mass is 10.0. The van der Waals surface area contributed by atoms with E-state index in [4.69, 9.17) is 17.3 Å². The standard InChI is InChI=1S/C22H16FN3O4S/c23-19-11-15(7-8-17(19)12-27)20(28)25-26-22(31)24-18-6-2-4-14(10-18)13-3-1-5-16(9-13)21(29)30/h1-12H,(H,25,28)(H,29,30)(H2,24,26,31). The quantitative estimate of drug-likeness (QED) is 0.274. The molecule has 0 saturated heterocycles. The van der Waals surface area contributed by atoms with Gasteiger partial charge in [-0.3, -0.25) is 20.4 Å². The van der Waals surface area contributed by atoms with Gasteiger partial charge in [-0.2, -0.15) is 0 Å². The Morgan fingerprint density at radius 3 is 2.29 bits per heavy atom. The second-order valence-electron chi connectivity index (χ2n) is 6.35. The molecule has 31 heavy (non-hydrogen) atoms. The highest BCUT2D eigenvalue weighted by atomic mass is 32.1. The number of halogens is 1. The summed E-state index contributed by atoms with van der Waals surface area (Å²) in [4.78, 5) is 33.9. The van der Waals surface area contributed by atoms with Crippen LogP contribution in [0.25, 0.3) is 11.1 Å². The zero-order valence-electron chi connectivity index (χ0n) is 15.9. The number of aldehydes is 1. The fourth-order valence-electron chi connectivity index (χ4n) is 2.72. The fraction of sp³-hybridized carbons (Fsp3) is 0. The SMILES string of the molecule is O=Cc1ccc(C(=O)NNC(=S)Nc2cccc(-c3cccc(C(=O)O)c3)c2)cc1F. The molecule has 0 radical (unpaired) electrons. The number of hydrogen-bond donors (Lipinski definition) is 4. The van der Waals surface area contributed by atoms with Gasteiger partial charge in [0.2, 0.25) is 0 Å². The molecule has 156 valence electrons. The summed E-state index contributed by atoms with van der Waals surface area (Å²) in [5.41, 5.74) is 6.98. The van der Waals surface area contributed by atoms with Crippen molar-refractivity contribution >= 4 is 41.2 Å². The molecular formula is C22H16FN3O4S. The summed E-state index contributed by atoms with van der Waals surface area (Å²) in [6.07, 6.45) is 0.361. The molecule has 3 aromatic carbocycles. The fourth-order valence-corrected chi connectivity index (χ4v) is 2.89. The number of carbonyl (C=O) groups is 3. The van der Waals surface area contributed by atoms with Crippen molar-refractivity contribution in [2.24, 2.45) is 0 Å². The van der Waals surface area contributed by atoms with Crippen LogP contribution in [-0.4, -0.2) is 28.4 Å². The summed E-state index contributed by atoms with van der Waals surface area (Å²) in [6.45, 7) is 0. The summed E-state index contributed by atoms with van der Waals surface area (Å²) in [5.74, 6) is -2.45. The van der Waals surface area contributed by atoms with Gasteiger partial charge in [0.15, 0.2) is 11.4 Å². The molecule has 9 heteroatoms. The van der Waals surface area contributed by atoms with Crippen LogP contribution in [0.1, 0.15) is 31.1 Å². The van der Waals surface area contributed by atoms with Crippen LogP contribution in [0.2, 0.25) is 0 Å². The number of thiocarbonyl (C=S) groups is 1. The van der Waals surface area contributed by atoms with E-state index >= 15 is 0 Å². The van der Waals surface area contributed by atoms with Gasteiger partial charge in [0, 0.05) is 11.3 Å². The first kappa shape index (κ1) is 21.6. The van der Waals surface area contributed by atoms with Crippen molar-refractivity contribution in [3.8, 4) is 11.1 Å². The van der Waals surface area contributed by atoms with Gasteiger partial charge in [-0.05, 0) is 65.8 Å². The molecule has 0 bridgehead atoms. The van der Waals surface area contributed by atoms with Gasteiger partial charge < -0.3 is 10.4 Å². The molecule has 0 saturated carbocycles. The van der Waals surface area contributed by atoms with E-state index in [-0.39, 0.29) is 21.8 Å². The van der Waals surface area contributed by atoms with Gasteiger partial charge in [-0.15, -0.1) is 0 Å². The van der Waals surface area contributed by atoms with Crippen LogP contribution < -0.4 is 16.2 Å². The van der Waals surface area contributed by atoms with Crippen LogP contribution in [0.15, 0.2) is 66.7 Å². The largest absolute Gasteiger partial charge is 0.478 e. The monoisotopic (exact) mass is 437 g/mol. The van der Waals surface area contributed by atoms with Crippen molar-refractivity contribution in [2.45, 2.75) is 0 Å². The van der Waals surface area contributed by atoms with Crippen molar-refractivity contribution < 1.29 is 23.9 Å². The third kappa shape index (κ3) is 5.49. The van der Waals surface area contributed by atoms with Crippen molar-refractivity contribution in [1.82, 2.24) is 10.9 Å².